The van der Waals surface area contributed by atoms with Crippen LogP contribution >= 0.6 is 11.8 Å². The Morgan fingerprint density at radius 2 is 2.31 bits per heavy atom. The van der Waals surface area contributed by atoms with Crippen LogP contribution in [0, 0.1) is 0 Å². The van der Waals surface area contributed by atoms with Crippen molar-refractivity contribution >= 4 is 17.7 Å². The van der Waals surface area contributed by atoms with Crippen molar-refractivity contribution in [2.24, 2.45) is 0 Å². The van der Waals surface area contributed by atoms with Crippen LogP contribution in [-0.4, -0.2) is 28.9 Å². The highest BCUT2D eigenvalue weighted by Gasteiger charge is 2.02. The van der Waals surface area contributed by atoms with Crippen molar-refractivity contribution in [3.8, 4) is 0 Å². The van der Waals surface area contributed by atoms with Gasteiger partial charge in [0.2, 0.25) is 0 Å². The van der Waals surface area contributed by atoms with E-state index in [1.807, 2.05) is 0 Å². The highest BCUT2D eigenvalue weighted by Crippen LogP contribution is 2.08. The number of aliphatic hydroxyl groups is 1. The summed E-state index contributed by atoms with van der Waals surface area (Å²) in [6, 6.07) is 0. The molecule has 0 aliphatic carbocycles. The topological polar surface area (TPSA) is 46.5 Å². The highest BCUT2D eigenvalue weighted by atomic mass is 32.2. The number of hydrogen-bond donors (Lipinski definition) is 1. The molecule has 0 radical (unpaired) electrons. The lowest BCUT2D eigenvalue weighted by molar-refractivity contribution is -0.138. The van der Waals surface area contributed by atoms with Crippen LogP contribution in [0.4, 0.5) is 0 Å². The Bertz CT molecular complexity index is 178. The third kappa shape index (κ3) is 7.87. The van der Waals surface area contributed by atoms with Gasteiger partial charge in [-0.1, -0.05) is 6.58 Å². The van der Waals surface area contributed by atoms with Gasteiger partial charge in [0.05, 0.1) is 12.0 Å². The SMILES string of the molecule is C=C(C)C(=O)OCCCSC(C)O. The number of thioether (sulfide) groups is 1. The van der Waals surface area contributed by atoms with Crippen molar-refractivity contribution in [1.29, 1.82) is 0 Å². The fourth-order valence-electron chi connectivity index (χ4n) is 0.601. The van der Waals surface area contributed by atoms with E-state index in [1.54, 1.807) is 13.8 Å². The van der Waals surface area contributed by atoms with Gasteiger partial charge >= 0.3 is 5.97 Å². The van der Waals surface area contributed by atoms with Crippen LogP contribution < -0.4 is 0 Å². The van der Waals surface area contributed by atoms with Gasteiger partial charge in [-0.3, -0.25) is 0 Å². The Morgan fingerprint density at radius 3 is 2.77 bits per heavy atom. The number of esters is 1. The third-order valence-corrected chi connectivity index (χ3v) is 2.24. The lowest BCUT2D eigenvalue weighted by Gasteiger charge is -2.05. The molecule has 0 fully saturated rings. The molecule has 0 aromatic heterocycles. The lowest BCUT2D eigenvalue weighted by atomic mass is 10.4. The maximum Gasteiger partial charge on any atom is 0.333 e. The van der Waals surface area contributed by atoms with Crippen molar-refractivity contribution in [2.75, 3.05) is 12.4 Å². The van der Waals surface area contributed by atoms with E-state index in [4.69, 9.17) is 9.84 Å². The predicted molar refractivity (Wildman–Crippen MR) is 54.5 cm³/mol. The molecule has 0 aromatic rings. The monoisotopic (exact) mass is 204 g/mol. The molecule has 1 atom stereocenters. The van der Waals surface area contributed by atoms with E-state index >= 15 is 0 Å². The second kappa shape index (κ2) is 6.97. The van der Waals surface area contributed by atoms with Gasteiger partial charge < -0.3 is 9.84 Å². The van der Waals surface area contributed by atoms with Crippen molar-refractivity contribution in [3.05, 3.63) is 12.2 Å². The van der Waals surface area contributed by atoms with Crippen molar-refractivity contribution in [1.82, 2.24) is 0 Å². The van der Waals surface area contributed by atoms with Gasteiger partial charge in [-0.15, -0.1) is 11.8 Å². The number of carbonyl (C=O) groups is 1. The van der Waals surface area contributed by atoms with E-state index in [9.17, 15) is 4.79 Å². The molecule has 13 heavy (non-hydrogen) atoms. The molecule has 0 rings (SSSR count). The fraction of sp³-hybridized carbons (Fsp3) is 0.667. The van der Waals surface area contributed by atoms with Crippen LogP contribution in [0.2, 0.25) is 0 Å². The van der Waals surface area contributed by atoms with Gasteiger partial charge in [-0.05, 0) is 26.0 Å². The van der Waals surface area contributed by atoms with Gasteiger partial charge in [0, 0.05) is 5.57 Å². The molecule has 0 aliphatic rings. The zero-order valence-corrected chi connectivity index (χ0v) is 8.89. The van der Waals surface area contributed by atoms with Gasteiger partial charge in [0.25, 0.3) is 0 Å². The number of carbonyl (C=O) groups excluding carboxylic acids is 1. The highest BCUT2D eigenvalue weighted by molar-refractivity contribution is 7.99. The minimum Gasteiger partial charge on any atom is -0.462 e. The molecule has 0 saturated carbocycles. The maximum atomic E-state index is 10.9. The first-order chi connectivity index (χ1) is 6.04. The number of hydrogen-bond acceptors (Lipinski definition) is 4. The Balaban J connectivity index is 3.26. The summed E-state index contributed by atoms with van der Waals surface area (Å²) in [5.74, 6) is 0.447. The molecule has 0 aromatic carbocycles. The lowest BCUT2D eigenvalue weighted by Crippen LogP contribution is -2.07. The molecule has 76 valence electrons. The first-order valence-electron chi connectivity index (χ1n) is 4.16. The van der Waals surface area contributed by atoms with Crippen molar-refractivity contribution in [3.63, 3.8) is 0 Å². The first-order valence-corrected chi connectivity index (χ1v) is 5.21. The van der Waals surface area contributed by atoms with Crippen LogP contribution in [0.15, 0.2) is 12.2 Å². The first kappa shape index (κ1) is 12.5. The van der Waals surface area contributed by atoms with Crippen LogP contribution in [-0.2, 0) is 9.53 Å². The second-order valence-electron chi connectivity index (χ2n) is 2.74. The molecule has 4 heteroatoms. The van der Waals surface area contributed by atoms with Gasteiger partial charge in [-0.25, -0.2) is 4.79 Å². The summed E-state index contributed by atoms with van der Waals surface area (Å²) in [6.45, 7) is 7.19. The third-order valence-electron chi connectivity index (χ3n) is 1.23. The Kier molecular flexibility index (Phi) is 6.72. The standard InChI is InChI=1S/C9H16O3S/c1-7(2)9(11)12-5-4-6-13-8(3)10/h8,10H,1,4-6H2,2-3H3. The summed E-state index contributed by atoms with van der Waals surface area (Å²) in [7, 11) is 0. The Hall–Kier alpha value is -0.480. The zero-order chi connectivity index (χ0) is 10.3. The van der Waals surface area contributed by atoms with E-state index in [1.165, 1.54) is 11.8 Å². The average molecular weight is 204 g/mol. The zero-order valence-electron chi connectivity index (χ0n) is 8.08. The normalized spacial score (nSPS) is 12.2. The molecular weight excluding hydrogens is 188 g/mol. The predicted octanol–water partition coefficient (Wildman–Crippen LogP) is 1.57. The Labute approximate surface area is 83.2 Å². The minimum atomic E-state index is -0.350. The summed E-state index contributed by atoms with van der Waals surface area (Å²) >= 11 is 1.43. The fourth-order valence-corrected chi connectivity index (χ4v) is 1.23. The molecule has 0 heterocycles. The summed E-state index contributed by atoms with van der Waals surface area (Å²) in [5.41, 5.74) is 0.0695. The number of rotatable bonds is 6. The largest absolute Gasteiger partial charge is 0.462 e. The molecule has 0 saturated heterocycles. The van der Waals surface area contributed by atoms with Crippen LogP contribution in [0.1, 0.15) is 20.3 Å². The molecule has 0 amide bonds. The molecule has 3 nitrogen and oxygen atoms in total. The van der Waals surface area contributed by atoms with Crippen LogP contribution in [0.5, 0.6) is 0 Å². The molecule has 0 bridgehead atoms. The quantitative estimate of drug-likeness (QED) is 0.309. The van der Waals surface area contributed by atoms with Crippen LogP contribution in [0.25, 0.3) is 0 Å². The van der Waals surface area contributed by atoms with Crippen molar-refractivity contribution < 1.29 is 14.6 Å². The number of ether oxygens (including phenoxy) is 1. The Morgan fingerprint density at radius 1 is 1.69 bits per heavy atom. The van der Waals surface area contributed by atoms with Crippen LogP contribution in [0.3, 0.4) is 0 Å². The van der Waals surface area contributed by atoms with E-state index in [-0.39, 0.29) is 11.4 Å². The number of aliphatic hydroxyl groups excluding tert-OH is 1. The molecule has 1 unspecified atom stereocenters. The van der Waals surface area contributed by atoms with E-state index in [0.717, 1.165) is 12.2 Å². The maximum absolute atomic E-state index is 10.9. The second-order valence-corrected chi connectivity index (χ2v) is 4.16. The summed E-state index contributed by atoms with van der Waals surface area (Å²) in [4.78, 5) is 10.9. The summed E-state index contributed by atoms with van der Waals surface area (Å²) in [5, 5.41) is 8.89. The van der Waals surface area contributed by atoms with E-state index < -0.39 is 0 Å². The average Bonchev–Trinajstić information content (AvgIpc) is 2.02. The molecular formula is C9H16O3S. The van der Waals surface area contributed by atoms with E-state index in [0.29, 0.717) is 12.2 Å². The van der Waals surface area contributed by atoms with E-state index in [2.05, 4.69) is 6.58 Å². The summed E-state index contributed by atoms with van der Waals surface area (Å²) < 4.78 is 4.85. The van der Waals surface area contributed by atoms with Gasteiger partial charge in [0.15, 0.2) is 0 Å². The van der Waals surface area contributed by atoms with Gasteiger partial charge in [-0.2, -0.15) is 0 Å². The summed E-state index contributed by atoms with van der Waals surface area (Å²) in [6.07, 6.45) is 0.759. The van der Waals surface area contributed by atoms with Gasteiger partial charge in [0.1, 0.15) is 0 Å². The smallest absolute Gasteiger partial charge is 0.333 e. The molecule has 0 aliphatic heterocycles. The minimum absolute atomic E-state index is 0.345. The molecule has 0 spiro atoms. The van der Waals surface area contributed by atoms with Crippen molar-refractivity contribution in [2.45, 2.75) is 25.7 Å². The molecule has 1 N–H and O–H groups in total.